The van der Waals surface area contributed by atoms with Crippen LogP contribution in [0.5, 0.6) is 0 Å². The fourth-order valence-electron chi connectivity index (χ4n) is 2.73. The van der Waals surface area contributed by atoms with Crippen LogP contribution in [-0.2, 0) is 11.3 Å². The maximum atomic E-state index is 12.1. The molecule has 5 heteroatoms. The molecule has 1 heterocycles. The maximum Gasteiger partial charge on any atom is 0.237 e. The molecule has 20 heavy (non-hydrogen) atoms. The van der Waals surface area contributed by atoms with Gasteiger partial charge in [-0.25, -0.2) is 0 Å². The molecule has 0 aliphatic heterocycles. The molecule has 1 fully saturated rings. The second-order valence-corrected chi connectivity index (χ2v) is 5.82. The summed E-state index contributed by atoms with van der Waals surface area (Å²) in [5.74, 6) is 0.688. The first-order valence-electron chi connectivity index (χ1n) is 7.23. The minimum Gasteiger partial charge on any atom is -0.467 e. The molecule has 2 N–H and O–H groups in total. The van der Waals surface area contributed by atoms with Gasteiger partial charge in [0.2, 0.25) is 5.91 Å². The van der Waals surface area contributed by atoms with E-state index < -0.39 is 5.60 Å². The zero-order chi connectivity index (χ0) is 14.6. The zero-order valence-corrected chi connectivity index (χ0v) is 12.3. The number of hydrogen-bond acceptors (Lipinski definition) is 4. The van der Waals surface area contributed by atoms with Crippen molar-refractivity contribution in [3.63, 3.8) is 0 Å². The Kier molecular flexibility index (Phi) is 4.83. The van der Waals surface area contributed by atoms with Gasteiger partial charge in [0.25, 0.3) is 0 Å². The van der Waals surface area contributed by atoms with E-state index in [1.54, 1.807) is 12.3 Å². The fraction of sp³-hybridized carbons (Fsp3) is 0.667. The lowest BCUT2D eigenvalue weighted by Gasteiger charge is -2.31. The lowest BCUT2D eigenvalue weighted by molar-refractivity contribution is -0.126. The first-order chi connectivity index (χ1) is 9.50. The minimum absolute atomic E-state index is 0.0505. The summed E-state index contributed by atoms with van der Waals surface area (Å²) in [5, 5.41) is 13.2. The Hall–Kier alpha value is -1.33. The number of carbonyl (C=O) groups is 1. The number of hydrogen-bond donors (Lipinski definition) is 2. The van der Waals surface area contributed by atoms with Crippen molar-refractivity contribution < 1.29 is 14.3 Å². The first-order valence-corrected chi connectivity index (χ1v) is 7.23. The summed E-state index contributed by atoms with van der Waals surface area (Å²) in [6.45, 7) is 2.80. The summed E-state index contributed by atoms with van der Waals surface area (Å²) in [5.41, 5.74) is -0.621. The predicted octanol–water partition coefficient (Wildman–Crippen LogP) is 1.52. The summed E-state index contributed by atoms with van der Waals surface area (Å²) >= 11 is 0. The summed E-state index contributed by atoms with van der Waals surface area (Å²) in [6.07, 6.45) is 5.40. The third-order valence-electron chi connectivity index (χ3n) is 4.14. The van der Waals surface area contributed by atoms with Gasteiger partial charge in [-0.2, -0.15) is 0 Å². The molecule has 2 rings (SSSR count). The van der Waals surface area contributed by atoms with E-state index in [9.17, 15) is 9.90 Å². The van der Waals surface area contributed by atoms with Gasteiger partial charge in [-0.3, -0.25) is 9.69 Å². The monoisotopic (exact) mass is 280 g/mol. The zero-order valence-electron chi connectivity index (χ0n) is 12.3. The van der Waals surface area contributed by atoms with E-state index in [2.05, 4.69) is 5.32 Å². The van der Waals surface area contributed by atoms with Gasteiger partial charge < -0.3 is 14.8 Å². The molecule has 1 atom stereocenters. The molecule has 0 bridgehead atoms. The molecule has 112 valence electrons. The van der Waals surface area contributed by atoms with Crippen LogP contribution in [0.1, 0.15) is 38.4 Å². The van der Waals surface area contributed by atoms with Crippen LogP contribution in [0, 0.1) is 0 Å². The third-order valence-corrected chi connectivity index (χ3v) is 4.14. The summed E-state index contributed by atoms with van der Waals surface area (Å²) in [4.78, 5) is 14.0. The number of nitrogens with zero attached hydrogens (tertiary/aromatic N) is 1. The number of amides is 1. The van der Waals surface area contributed by atoms with E-state index in [1.165, 1.54) is 0 Å². The van der Waals surface area contributed by atoms with Crippen LogP contribution in [0.15, 0.2) is 22.8 Å². The van der Waals surface area contributed by atoms with Crippen molar-refractivity contribution in [3.05, 3.63) is 24.2 Å². The van der Waals surface area contributed by atoms with E-state index in [0.29, 0.717) is 13.1 Å². The molecule has 1 unspecified atom stereocenters. The molecule has 1 amide bonds. The lowest BCUT2D eigenvalue weighted by Crippen LogP contribution is -2.48. The Bertz CT molecular complexity index is 424. The Morgan fingerprint density at radius 1 is 1.55 bits per heavy atom. The highest BCUT2D eigenvalue weighted by Crippen LogP contribution is 2.30. The van der Waals surface area contributed by atoms with Crippen LogP contribution in [0.4, 0.5) is 0 Å². The highest BCUT2D eigenvalue weighted by molar-refractivity contribution is 5.81. The van der Waals surface area contributed by atoms with E-state index in [0.717, 1.165) is 31.4 Å². The van der Waals surface area contributed by atoms with Crippen LogP contribution in [0.25, 0.3) is 0 Å². The quantitative estimate of drug-likeness (QED) is 0.829. The van der Waals surface area contributed by atoms with Crippen molar-refractivity contribution >= 4 is 5.91 Å². The number of carbonyl (C=O) groups excluding carboxylic acids is 1. The van der Waals surface area contributed by atoms with Crippen LogP contribution in [0.2, 0.25) is 0 Å². The molecular formula is C15H24N2O3. The van der Waals surface area contributed by atoms with Crippen LogP contribution >= 0.6 is 0 Å². The van der Waals surface area contributed by atoms with Gasteiger partial charge in [-0.1, -0.05) is 12.8 Å². The molecule has 0 spiro atoms. The van der Waals surface area contributed by atoms with Crippen molar-refractivity contribution in [3.8, 4) is 0 Å². The molecule has 1 aliphatic rings. The Balaban J connectivity index is 1.79. The van der Waals surface area contributed by atoms with Gasteiger partial charge in [-0.15, -0.1) is 0 Å². The van der Waals surface area contributed by atoms with Gasteiger partial charge in [-0.05, 0) is 38.9 Å². The Morgan fingerprint density at radius 2 is 2.25 bits per heavy atom. The highest BCUT2D eigenvalue weighted by Gasteiger charge is 2.34. The van der Waals surface area contributed by atoms with Gasteiger partial charge in [0, 0.05) is 6.54 Å². The Labute approximate surface area is 119 Å². The van der Waals surface area contributed by atoms with Crippen LogP contribution in [0.3, 0.4) is 0 Å². The second kappa shape index (κ2) is 6.41. The molecule has 5 nitrogen and oxygen atoms in total. The first kappa shape index (κ1) is 15.1. The maximum absolute atomic E-state index is 12.1. The van der Waals surface area contributed by atoms with Crippen molar-refractivity contribution in [1.29, 1.82) is 0 Å². The number of furan rings is 1. The molecule has 1 aromatic heterocycles. The summed E-state index contributed by atoms with van der Waals surface area (Å²) < 4.78 is 5.18. The van der Waals surface area contributed by atoms with E-state index >= 15 is 0 Å². The minimum atomic E-state index is -0.621. The SMILES string of the molecule is CC(C(=O)NCc1ccco1)N(C)CC1(O)CCCC1. The van der Waals surface area contributed by atoms with Gasteiger partial charge in [0.15, 0.2) is 0 Å². The number of aliphatic hydroxyl groups is 1. The largest absolute Gasteiger partial charge is 0.467 e. The van der Waals surface area contributed by atoms with Crippen molar-refractivity contribution in [2.75, 3.05) is 13.6 Å². The number of nitrogens with one attached hydrogen (secondary N) is 1. The normalized spacial score (nSPS) is 19.2. The molecule has 0 saturated heterocycles. The topological polar surface area (TPSA) is 65.7 Å². The summed E-state index contributed by atoms with van der Waals surface area (Å²) in [7, 11) is 1.88. The molecule has 1 aliphatic carbocycles. The van der Waals surface area contributed by atoms with E-state index in [4.69, 9.17) is 4.42 Å². The van der Waals surface area contributed by atoms with E-state index in [1.807, 2.05) is 24.9 Å². The molecule has 0 aromatic carbocycles. The molecule has 1 aromatic rings. The second-order valence-electron chi connectivity index (χ2n) is 5.82. The number of rotatable bonds is 6. The van der Waals surface area contributed by atoms with Gasteiger partial charge >= 0.3 is 0 Å². The van der Waals surface area contributed by atoms with Gasteiger partial charge in [0.05, 0.1) is 24.5 Å². The highest BCUT2D eigenvalue weighted by atomic mass is 16.3. The van der Waals surface area contributed by atoms with Gasteiger partial charge in [0.1, 0.15) is 5.76 Å². The van der Waals surface area contributed by atoms with Crippen molar-refractivity contribution in [2.45, 2.75) is 50.8 Å². The Morgan fingerprint density at radius 3 is 2.85 bits per heavy atom. The molecular weight excluding hydrogens is 256 g/mol. The average Bonchev–Trinajstić information content (AvgIpc) is 3.06. The predicted molar refractivity (Wildman–Crippen MR) is 76.1 cm³/mol. The van der Waals surface area contributed by atoms with E-state index in [-0.39, 0.29) is 11.9 Å². The third kappa shape index (κ3) is 3.84. The van der Waals surface area contributed by atoms with Crippen LogP contribution < -0.4 is 5.32 Å². The van der Waals surface area contributed by atoms with Crippen molar-refractivity contribution in [1.82, 2.24) is 10.2 Å². The van der Waals surface area contributed by atoms with Crippen molar-refractivity contribution in [2.24, 2.45) is 0 Å². The lowest BCUT2D eigenvalue weighted by atomic mass is 10.0. The molecule has 1 saturated carbocycles. The molecule has 0 radical (unpaired) electrons. The smallest absolute Gasteiger partial charge is 0.237 e. The number of likely N-dealkylation sites (N-methyl/N-ethyl adjacent to an activating group) is 1. The average molecular weight is 280 g/mol. The van der Waals surface area contributed by atoms with Crippen LogP contribution in [-0.4, -0.2) is 41.1 Å². The fourth-order valence-corrected chi connectivity index (χ4v) is 2.73. The summed E-state index contributed by atoms with van der Waals surface area (Å²) in [6, 6.07) is 3.36. The standard InChI is InChI=1S/C15H24N2O3/c1-12(14(18)16-10-13-6-5-9-20-13)17(2)11-15(19)7-3-4-8-15/h5-6,9,12,19H,3-4,7-8,10-11H2,1-2H3,(H,16,18).